The first-order valence-electron chi connectivity index (χ1n) is 5.77. The van der Waals surface area contributed by atoms with E-state index in [9.17, 15) is 0 Å². The maximum atomic E-state index is 3.58. The fourth-order valence-electron chi connectivity index (χ4n) is 1.75. The van der Waals surface area contributed by atoms with Crippen LogP contribution in [0.2, 0.25) is 0 Å². The molecule has 0 aliphatic rings. The Kier molecular flexibility index (Phi) is 4.51. The van der Waals surface area contributed by atoms with Gasteiger partial charge in [0.2, 0.25) is 0 Å². The van der Waals surface area contributed by atoms with Gasteiger partial charge in [-0.3, -0.25) is 0 Å². The van der Waals surface area contributed by atoms with Crippen LogP contribution in [0, 0.1) is 0 Å². The van der Waals surface area contributed by atoms with Crippen LogP contribution in [-0.2, 0) is 0 Å². The zero-order valence-corrected chi connectivity index (χ0v) is 11.8. The second-order valence-corrected chi connectivity index (χ2v) is 5.71. The molecule has 2 rings (SSSR count). The van der Waals surface area contributed by atoms with Crippen molar-refractivity contribution in [2.45, 2.75) is 24.3 Å². The van der Waals surface area contributed by atoms with Gasteiger partial charge < -0.3 is 5.32 Å². The lowest BCUT2D eigenvalue weighted by molar-refractivity contribution is 0.764. The average Bonchev–Trinajstić information content (AvgIpc) is 2.90. The first-order chi connectivity index (χ1) is 8.33. The maximum absolute atomic E-state index is 3.58. The summed E-state index contributed by atoms with van der Waals surface area (Å²) in [7, 11) is 0. The molecular formula is C14H17NS2. The highest BCUT2D eigenvalue weighted by Gasteiger charge is 2.09. The summed E-state index contributed by atoms with van der Waals surface area (Å²) in [6, 6.07) is 13.4. The molecule has 1 aromatic carbocycles. The van der Waals surface area contributed by atoms with E-state index in [2.05, 4.69) is 60.3 Å². The second-order valence-electron chi connectivity index (χ2n) is 3.85. The maximum Gasteiger partial charge on any atom is 0.0603 e. The lowest BCUT2D eigenvalue weighted by atomic mass is 10.1. The molecule has 1 nitrogen and oxygen atoms in total. The monoisotopic (exact) mass is 263 g/mol. The lowest BCUT2D eigenvalue weighted by Gasteiger charge is -2.17. The number of benzene rings is 1. The van der Waals surface area contributed by atoms with Crippen LogP contribution >= 0.6 is 23.1 Å². The van der Waals surface area contributed by atoms with E-state index in [1.165, 1.54) is 15.5 Å². The molecule has 17 heavy (non-hydrogen) atoms. The van der Waals surface area contributed by atoms with Crippen molar-refractivity contribution in [2.24, 2.45) is 0 Å². The normalized spacial score (nSPS) is 12.4. The van der Waals surface area contributed by atoms with Crippen LogP contribution in [0.5, 0.6) is 0 Å². The topological polar surface area (TPSA) is 12.0 Å². The van der Waals surface area contributed by atoms with E-state index >= 15 is 0 Å². The molecule has 1 unspecified atom stereocenters. The Hall–Kier alpha value is -0.930. The average molecular weight is 263 g/mol. The standard InChI is InChI=1S/C14H17NS2/c1-3-13(14-5-4-10-17-14)15-11-6-8-12(16-2)9-7-11/h4-10,13,15H,3H2,1-2H3. The van der Waals surface area contributed by atoms with Crippen molar-refractivity contribution >= 4 is 28.8 Å². The number of anilines is 1. The molecule has 1 N–H and O–H groups in total. The lowest BCUT2D eigenvalue weighted by Crippen LogP contribution is -2.07. The van der Waals surface area contributed by atoms with Gasteiger partial charge in [0.1, 0.15) is 0 Å². The molecule has 0 saturated carbocycles. The van der Waals surface area contributed by atoms with Crippen LogP contribution in [0.1, 0.15) is 24.3 Å². The fourth-order valence-corrected chi connectivity index (χ4v) is 3.02. The number of hydrogen-bond donors (Lipinski definition) is 1. The second kappa shape index (κ2) is 6.12. The zero-order valence-electron chi connectivity index (χ0n) is 10.1. The Balaban J connectivity index is 2.07. The number of thiophene rings is 1. The van der Waals surface area contributed by atoms with Gasteiger partial charge in [0.05, 0.1) is 6.04 Å². The van der Waals surface area contributed by atoms with Crippen molar-refractivity contribution in [3.05, 3.63) is 46.7 Å². The fraction of sp³-hybridized carbons (Fsp3) is 0.286. The first kappa shape index (κ1) is 12.5. The smallest absolute Gasteiger partial charge is 0.0603 e. The quantitative estimate of drug-likeness (QED) is 0.759. The van der Waals surface area contributed by atoms with Crippen molar-refractivity contribution in [1.29, 1.82) is 0 Å². The first-order valence-corrected chi connectivity index (χ1v) is 7.88. The zero-order chi connectivity index (χ0) is 12.1. The van der Waals surface area contributed by atoms with Gasteiger partial charge in [-0.05, 0) is 48.4 Å². The highest BCUT2D eigenvalue weighted by molar-refractivity contribution is 7.98. The predicted molar refractivity (Wildman–Crippen MR) is 79.2 cm³/mol. The van der Waals surface area contributed by atoms with Gasteiger partial charge in [0.25, 0.3) is 0 Å². The molecule has 0 amide bonds. The third kappa shape index (κ3) is 3.27. The van der Waals surface area contributed by atoms with E-state index in [0.717, 1.165) is 6.42 Å². The number of rotatable bonds is 5. The highest BCUT2D eigenvalue weighted by atomic mass is 32.2. The van der Waals surface area contributed by atoms with E-state index in [0.29, 0.717) is 6.04 Å². The number of thioether (sulfide) groups is 1. The molecular weight excluding hydrogens is 246 g/mol. The van der Waals surface area contributed by atoms with Gasteiger partial charge in [-0.25, -0.2) is 0 Å². The minimum atomic E-state index is 0.426. The molecule has 0 saturated heterocycles. The molecule has 2 aromatic rings. The molecule has 0 fully saturated rings. The molecule has 90 valence electrons. The minimum Gasteiger partial charge on any atom is -0.377 e. The minimum absolute atomic E-state index is 0.426. The van der Waals surface area contributed by atoms with E-state index in [-0.39, 0.29) is 0 Å². The van der Waals surface area contributed by atoms with Gasteiger partial charge in [-0.15, -0.1) is 23.1 Å². The molecule has 0 spiro atoms. The summed E-state index contributed by atoms with van der Waals surface area (Å²) in [5.74, 6) is 0. The van der Waals surface area contributed by atoms with Gasteiger partial charge in [0, 0.05) is 15.5 Å². The van der Waals surface area contributed by atoms with Crippen molar-refractivity contribution < 1.29 is 0 Å². The van der Waals surface area contributed by atoms with Crippen LogP contribution < -0.4 is 5.32 Å². The van der Waals surface area contributed by atoms with Gasteiger partial charge >= 0.3 is 0 Å². The van der Waals surface area contributed by atoms with Crippen molar-refractivity contribution in [1.82, 2.24) is 0 Å². The summed E-state index contributed by atoms with van der Waals surface area (Å²) in [6.45, 7) is 2.22. The predicted octanol–water partition coefficient (Wildman–Crippen LogP) is 5.03. The molecule has 0 aliphatic carbocycles. The van der Waals surface area contributed by atoms with Gasteiger partial charge in [-0.1, -0.05) is 13.0 Å². The van der Waals surface area contributed by atoms with Crippen LogP contribution in [0.4, 0.5) is 5.69 Å². The molecule has 3 heteroatoms. The van der Waals surface area contributed by atoms with E-state index in [1.54, 1.807) is 11.8 Å². The van der Waals surface area contributed by atoms with Gasteiger partial charge in [0.15, 0.2) is 0 Å². The number of hydrogen-bond acceptors (Lipinski definition) is 3. The Bertz CT molecular complexity index is 434. The largest absolute Gasteiger partial charge is 0.377 e. The number of nitrogens with one attached hydrogen (secondary N) is 1. The molecule has 1 heterocycles. The Morgan fingerprint density at radius 1 is 1.24 bits per heavy atom. The summed E-state index contributed by atoms with van der Waals surface area (Å²) >= 11 is 3.59. The molecule has 1 aromatic heterocycles. The highest BCUT2D eigenvalue weighted by Crippen LogP contribution is 2.27. The SMILES string of the molecule is CCC(Nc1ccc(SC)cc1)c1cccs1. The van der Waals surface area contributed by atoms with Crippen LogP contribution in [-0.4, -0.2) is 6.26 Å². The Morgan fingerprint density at radius 3 is 2.53 bits per heavy atom. The summed E-state index contributed by atoms with van der Waals surface area (Å²) in [5, 5.41) is 5.72. The summed E-state index contributed by atoms with van der Waals surface area (Å²) < 4.78 is 0. The van der Waals surface area contributed by atoms with E-state index in [4.69, 9.17) is 0 Å². The Labute approximate surface area is 111 Å². The molecule has 0 radical (unpaired) electrons. The summed E-state index contributed by atoms with van der Waals surface area (Å²) in [4.78, 5) is 2.71. The van der Waals surface area contributed by atoms with Crippen LogP contribution in [0.15, 0.2) is 46.7 Å². The summed E-state index contributed by atoms with van der Waals surface area (Å²) in [6.07, 6.45) is 3.20. The van der Waals surface area contributed by atoms with Crippen LogP contribution in [0.25, 0.3) is 0 Å². The van der Waals surface area contributed by atoms with Crippen LogP contribution in [0.3, 0.4) is 0 Å². The molecule has 1 atom stereocenters. The van der Waals surface area contributed by atoms with E-state index < -0.39 is 0 Å². The van der Waals surface area contributed by atoms with Gasteiger partial charge in [-0.2, -0.15) is 0 Å². The third-order valence-electron chi connectivity index (χ3n) is 2.73. The Morgan fingerprint density at radius 2 is 2.00 bits per heavy atom. The summed E-state index contributed by atoms with van der Waals surface area (Å²) in [5.41, 5.74) is 1.20. The van der Waals surface area contributed by atoms with Crippen molar-refractivity contribution in [3.63, 3.8) is 0 Å². The van der Waals surface area contributed by atoms with Crippen molar-refractivity contribution in [2.75, 3.05) is 11.6 Å². The van der Waals surface area contributed by atoms with Crippen molar-refractivity contribution in [3.8, 4) is 0 Å². The van der Waals surface area contributed by atoms with E-state index in [1.807, 2.05) is 11.3 Å². The third-order valence-corrected chi connectivity index (χ3v) is 4.46. The molecule has 0 aliphatic heterocycles. The molecule has 0 bridgehead atoms.